The van der Waals surface area contributed by atoms with Gasteiger partial charge in [-0.1, -0.05) is 13.8 Å². The number of hydrogen-bond acceptors (Lipinski definition) is 3. The first-order valence-corrected chi connectivity index (χ1v) is 6.83. The lowest BCUT2D eigenvalue weighted by molar-refractivity contribution is 0.586. The van der Waals surface area contributed by atoms with E-state index in [1.165, 1.54) is 11.3 Å². The fourth-order valence-electron chi connectivity index (χ4n) is 2.85. The fraction of sp³-hybridized carbons (Fsp3) is 0.333. The van der Waals surface area contributed by atoms with Crippen LogP contribution in [0.5, 0.6) is 0 Å². The number of imidazole rings is 1. The van der Waals surface area contributed by atoms with Crippen LogP contribution in [-0.4, -0.2) is 26.7 Å². The minimum atomic E-state index is 0.160. The van der Waals surface area contributed by atoms with E-state index in [1.807, 2.05) is 13.0 Å². The second-order valence-corrected chi connectivity index (χ2v) is 6.16. The van der Waals surface area contributed by atoms with Gasteiger partial charge in [-0.15, -0.1) is 0 Å². The molecule has 0 unspecified atom stereocenters. The summed E-state index contributed by atoms with van der Waals surface area (Å²) in [6.45, 7) is 7.44. The van der Waals surface area contributed by atoms with Gasteiger partial charge in [-0.2, -0.15) is 5.10 Å². The van der Waals surface area contributed by atoms with E-state index < -0.39 is 0 Å². The summed E-state index contributed by atoms with van der Waals surface area (Å²) in [7, 11) is 0. The maximum absolute atomic E-state index is 4.68. The van der Waals surface area contributed by atoms with Crippen LogP contribution in [0.15, 0.2) is 18.2 Å². The third kappa shape index (κ3) is 1.56. The maximum atomic E-state index is 4.68. The molecule has 0 spiro atoms. The topological polar surface area (TPSA) is 69.4 Å². The van der Waals surface area contributed by atoms with Crippen LogP contribution in [-0.2, 0) is 5.41 Å². The van der Waals surface area contributed by atoms with Crippen LogP contribution in [0.25, 0.3) is 22.6 Å². The lowest BCUT2D eigenvalue weighted by atomic mass is 9.87. The van der Waals surface area contributed by atoms with Crippen molar-refractivity contribution in [2.24, 2.45) is 0 Å². The smallest absolute Gasteiger partial charge is 0.156 e. The number of aromatic nitrogens is 4. The molecule has 4 rings (SSSR count). The van der Waals surface area contributed by atoms with Gasteiger partial charge in [0.05, 0.1) is 16.7 Å². The standard InChI is InChI=1S/C15H17N5/c1-8-4-13(20-19-8)14-17-11-5-9-10(6-12(11)18-14)16-7-15(9,2)3/h4-6,16H,7H2,1-3H3,(H,17,18)(H,19,20). The molecular formula is C15H17N5. The van der Waals surface area contributed by atoms with E-state index in [0.29, 0.717) is 0 Å². The first kappa shape index (κ1) is 11.5. The Hall–Kier alpha value is -2.30. The van der Waals surface area contributed by atoms with E-state index in [9.17, 15) is 0 Å². The van der Waals surface area contributed by atoms with E-state index >= 15 is 0 Å². The van der Waals surface area contributed by atoms with Crippen molar-refractivity contribution in [3.8, 4) is 11.5 Å². The van der Waals surface area contributed by atoms with E-state index in [0.717, 1.165) is 34.8 Å². The molecule has 0 aliphatic carbocycles. The molecule has 0 radical (unpaired) electrons. The molecule has 5 heteroatoms. The van der Waals surface area contributed by atoms with Crippen molar-refractivity contribution in [1.82, 2.24) is 20.2 Å². The van der Waals surface area contributed by atoms with Gasteiger partial charge in [0, 0.05) is 17.6 Å². The second-order valence-electron chi connectivity index (χ2n) is 6.16. The van der Waals surface area contributed by atoms with Crippen LogP contribution in [0.3, 0.4) is 0 Å². The summed E-state index contributed by atoms with van der Waals surface area (Å²) in [5.41, 5.74) is 6.64. The minimum Gasteiger partial charge on any atom is -0.384 e. The third-order valence-corrected chi connectivity index (χ3v) is 4.03. The number of fused-ring (bicyclic) bond motifs is 2. The Labute approximate surface area is 116 Å². The molecule has 102 valence electrons. The molecule has 0 bridgehead atoms. The molecule has 3 N–H and O–H groups in total. The predicted octanol–water partition coefficient (Wildman–Crippen LogP) is 2.96. The van der Waals surface area contributed by atoms with E-state index in [-0.39, 0.29) is 5.41 Å². The predicted molar refractivity (Wildman–Crippen MR) is 79.9 cm³/mol. The van der Waals surface area contributed by atoms with E-state index in [4.69, 9.17) is 0 Å². The Morgan fingerprint density at radius 3 is 2.80 bits per heavy atom. The summed E-state index contributed by atoms with van der Waals surface area (Å²) in [6.07, 6.45) is 0. The molecule has 3 heterocycles. The van der Waals surface area contributed by atoms with Crippen molar-refractivity contribution in [2.45, 2.75) is 26.2 Å². The molecular weight excluding hydrogens is 250 g/mol. The third-order valence-electron chi connectivity index (χ3n) is 4.03. The zero-order valence-corrected chi connectivity index (χ0v) is 11.8. The van der Waals surface area contributed by atoms with E-state index in [1.54, 1.807) is 0 Å². The number of aryl methyl sites for hydroxylation is 1. The molecule has 1 aromatic carbocycles. The minimum absolute atomic E-state index is 0.160. The number of anilines is 1. The molecule has 0 amide bonds. The van der Waals surface area contributed by atoms with Crippen molar-refractivity contribution < 1.29 is 0 Å². The van der Waals surface area contributed by atoms with Crippen LogP contribution in [0.2, 0.25) is 0 Å². The highest BCUT2D eigenvalue weighted by atomic mass is 15.1. The number of rotatable bonds is 1. The maximum Gasteiger partial charge on any atom is 0.156 e. The molecule has 5 nitrogen and oxygen atoms in total. The van der Waals surface area contributed by atoms with E-state index in [2.05, 4.69) is 51.5 Å². The summed E-state index contributed by atoms with van der Waals surface area (Å²) in [5.74, 6) is 0.835. The van der Waals surface area contributed by atoms with Crippen LogP contribution in [0.4, 0.5) is 5.69 Å². The Morgan fingerprint density at radius 1 is 1.20 bits per heavy atom. The van der Waals surface area contributed by atoms with Gasteiger partial charge < -0.3 is 10.3 Å². The van der Waals surface area contributed by atoms with Gasteiger partial charge in [0.15, 0.2) is 5.82 Å². The normalized spacial score (nSPS) is 16.4. The lowest BCUT2D eigenvalue weighted by Gasteiger charge is -2.16. The Kier molecular flexibility index (Phi) is 2.09. The highest BCUT2D eigenvalue weighted by molar-refractivity contribution is 5.85. The molecule has 2 aromatic heterocycles. The van der Waals surface area contributed by atoms with Crippen molar-refractivity contribution in [2.75, 3.05) is 11.9 Å². The number of H-pyrrole nitrogens is 2. The molecule has 0 saturated heterocycles. The monoisotopic (exact) mass is 267 g/mol. The second kappa shape index (κ2) is 3.62. The Balaban J connectivity index is 1.89. The van der Waals surface area contributed by atoms with Crippen LogP contribution in [0.1, 0.15) is 25.1 Å². The van der Waals surface area contributed by atoms with Gasteiger partial charge in [0.2, 0.25) is 0 Å². The number of nitrogens with one attached hydrogen (secondary N) is 3. The van der Waals surface area contributed by atoms with Crippen LogP contribution >= 0.6 is 0 Å². The lowest BCUT2D eigenvalue weighted by Crippen LogP contribution is -2.18. The number of aromatic amines is 2. The molecule has 0 fully saturated rings. The molecule has 0 atom stereocenters. The SMILES string of the molecule is Cc1cc(-c2nc3cc4c(cc3[nH]2)NCC4(C)C)[nH]n1. The average molecular weight is 267 g/mol. The molecule has 1 aliphatic heterocycles. The quantitative estimate of drug-likeness (QED) is 0.635. The van der Waals surface area contributed by atoms with Gasteiger partial charge in [-0.25, -0.2) is 4.98 Å². The molecule has 20 heavy (non-hydrogen) atoms. The van der Waals surface area contributed by atoms with Gasteiger partial charge in [-0.3, -0.25) is 5.10 Å². The summed E-state index contributed by atoms with van der Waals surface area (Å²) >= 11 is 0. The summed E-state index contributed by atoms with van der Waals surface area (Å²) in [5, 5.41) is 10.6. The first-order valence-electron chi connectivity index (χ1n) is 6.83. The van der Waals surface area contributed by atoms with Crippen LogP contribution < -0.4 is 5.32 Å². The highest BCUT2D eigenvalue weighted by Gasteiger charge is 2.30. The summed E-state index contributed by atoms with van der Waals surface area (Å²) < 4.78 is 0. The molecule has 3 aromatic rings. The zero-order valence-electron chi connectivity index (χ0n) is 11.8. The Bertz CT molecular complexity index is 809. The van der Waals surface area contributed by atoms with Gasteiger partial charge in [0.1, 0.15) is 5.69 Å². The summed E-state index contributed by atoms with van der Waals surface area (Å²) in [4.78, 5) is 8.04. The number of benzene rings is 1. The molecule has 0 saturated carbocycles. The van der Waals surface area contributed by atoms with Gasteiger partial charge in [0.25, 0.3) is 0 Å². The van der Waals surface area contributed by atoms with Gasteiger partial charge >= 0.3 is 0 Å². The largest absolute Gasteiger partial charge is 0.384 e. The van der Waals surface area contributed by atoms with Crippen LogP contribution in [0, 0.1) is 6.92 Å². The molecule has 1 aliphatic rings. The van der Waals surface area contributed by atoms with Crippen molar-refractivity contribution in [3.63, 3.8) is 0 Å². The van der Waals surface area contributed by atoms with Crippen molar-refractivity contribution >= 4 is 16.7 Å². The zero-order chi connectivity index (χ0) is 13.9. The number of hydrogen-bond donors (Lipinski definition) is 3. The van der Waals surface area contributed by atoms with Crippen molar-refractivity contribution in [1.29, 1.82) is 0 Å². The fourth-order valence-corrected chi connectivity index (χ4v) is 2.85. The Morgan fingerprint density at radius 2 is 2.05 bits per heavy atom. The summed E-state index contributed by atoms with van der Waals surface area (Å²) in [6, 6.07) is 6.33. The van der Waals surface area contributed by atoms with Crippen molar-refractivity contribution in [3.05, 3.63) is 29.5 Å². The average Bonchev–Trinajstić information content (AvgIpc) is 3.06. The highest BCUT2D eigenvalue weighted by Crippen LogP contribution is 2.38. The first-order chi connectivity index (χ1) is 9.53. The number of nitrogens with zero attached hydrogens (tertiary/aromatic N) is 2. The van der Waals surface area contributed by atoms with Gasteiger partial charge in [-0.05, 0) is 30.7 Å².